The van der Waals surface area contributed by atoms with Gasteiger partial charge < -0.3 is 26.3 Å². The number of aromatic nitrogens is 2. The summed E-state index contributed by atoms with van der Waals surface area (Å²) in [5.74, 6) is 0.310. The quantitative estimate of drug-likeness (QED) is 0.214. The van der Waals surface area contributed by atoms with Crippen LogP contribution < -0.4 is 26.8 Å². The van der Waals surface area contributed by atoms with Crippen molar-refractivity contribution in [1.29, 1.82) is 5.41 Å². The van der Waals surface area contributed by atoms with E-state index in [-0.39, 0.29) is 16.5 Å². The fourth-order valence-electron chi connectivity index (χ4n) is 2.68. The van der Waals surface area contributed by atoms with Crippen LogP contribution in [0.5, 0.6) is 0 Å². The molecular formula is C18H23N7O2S. The van der Waals surface area contributed by atoms with E-state index in [0.29, 0.717) is 22.2 Å². The van der Waals surface area contributed by atoms with Crippen LogP contribution in [0, 0.1) is 5.41 Å². The number of nitrogens with one attached hydrogen (secondary N) is 4. The Bertz CT molecular complexity index is 922. The molecule has 3 rings (SSSR count). The van der Waals surface area contributed by atoms with Crippen LogP contribution in [-0.4, -0.2) is 53.1 Å². The van der Waals surface area contributed by atoms with Gasteiger partial charge >= 0.3 is 0 Å². The van der Waals surface area contributed by atoms with Gasteiger partial charge in [0, 0.05) is 43.5 Å². The monoisotopic (exact) mass is 401 g/mol. The van der Waals surface area contributed by atoms with E-state index in [2.05, 4.69) is 20.6 Å². The fraction of sp³-hybridized carbons (Fsp3) is 0.333. The second-order valence-electron chi connectivity index (χ2n) is 6.44. The zero-order chi connectivity index (χ0) is 20.1. The maximum absolute atomic E-state index is 12.0. The first-order chi connectivity index (χ1) is 13.4. The molecule has 0 aliphatic carbocycles. The maximum atomic E-state index is 12.0. The van der Waals surface area contributed by atoms with Gasteiger partial charge in [0.15, 0.2) is 5.16 Å². The van der Waals surface area contributed by atoms with Crippen molar-refractivity contribution in [2.45, 2.75) is 18.1 Å². The van der Waals surface area contributed by atoms with Crippen molar-refractivity contribution in [3.63, 3.8) is 0 Å². The lowest BCUT2D eigenvalue weighted by atomic mass is 10.2. The third-order valence-corrected chi connectivity index (χ3v) is 4.98. The number of benzene rings is 1. The van der Waals surface area contributed by atoms with Crippen molar-refractivity contribution in [2.75, 3.05) is 36.4 Å². The topological polar surface area (TPSA) is 140 Å². The van der Waals surface area contributed by atoms with Gasteiger partial charge in [0.05, 0.1) is 6.04 Å². The van der Waals surface area contributed by atoms with E-state index in [0.717, 1.165) is 37.9 Å². The highest BCUT2D eigenvalue weighted by Crippen LogP contribution is 2.22. The smallest absolute Gasteiger partial charge is 0.253 e. The molecule has 0 saturated carbocycles. The van der Waals surface area contributed by atoms with Gasteiger partial charge in [-0.2, -0.15) is 0 Å². The van der Waals surface area contributed by atoms with Crippen LogP contribution in [0.4, 0.5) is 11.5 Å². The van der Waals surface area contributed by atoms with E-state index in [1.54, 1.807) is 31.2 Å². The minimum Gasteiger partial charge on any atom is -0.354 e. The summed E-state index contributed by atoms with van der Waals surface area (Å²) in [5, 5.41) is 14.9. The highest BCUT2D eigenvalue weighted by molar-refractivity contribution is 8.14. The van der Waals surface area contributed by atoms with Crippen LogP contribution in [-0.2, 0) is 4.79 Å². The number of hydrogen-bond acceptors (Lipinski definition) is 8. The third-order valence-electron chi connectivity index (χ3n) is 4.15. The number of carbonyl (C=O) groups is 1. The Balaban J connectivity index is 1.75. The zero-order valence-corrected chi connectivity index (χ0v) is 16.3. The van der Waals surface area contributed by atoms with Crippen LogP contribution in [0.3, 0.4) is 0 Å². The molecule has 0 bridgehead atoms. The maximum Gasteiger partial charge on any atom is 0.253 e. The van der Waals surface area contributed by atoms with Crippen molar-refractivity contribution in [3.8, 4) is 0 Å². The number of amides is 1. The molecule has 1 aliphatic rings. The van der Waals surface area contributed by atoms with Crippen LogP contribution in [0.1, 0.15) is 12.5 Å². The van der Waals surface area contributed by atoms with Crippen LogP contribution in [0.15, 0.2) is 40.3 Å². The van der Waals surface area contributed by atoms with E-state index >= 15 is 0 Å². The predicted octanol–water partition coefficient (Wildman–Crippen LogP) is 0.583. The summed E-state index contributed by atoms with van der Waals surface area (Å²) in [4.78, 5) is 33.0. The number of nitrogens with two attached hydrogens (primary N) is 1. The summed E-state index contributed by atoms with van der Waals surface area (Å²) in [7, 11) is 0. The molecule has 0 radical (unpaired) electrons. The number of carbonyl (C=O) groups excluding carboxylic acids is 1. The number of rotatable bonds is 5. The van der Waals surface area contributed by atoms with Gasteiger partial charge in [-0.15, -0.1) is 0 Å². The Morgan fingerprint density at radius 1 is 1.36 bits per heavy atom. The molecule has 1 atom stereocenters. The lowest BCUT2D eigenvalue weighted by Crippen LogP contribution is -2.44. The Morgan fingerprint density at radius 2 is 2.11 bits per heavy atom. The second kappa shape index (κ2) is 9.00. The first-order valence-corrected chi connectivity index (χ1v) is 9.74. The first-order valence-electron chi connectivity index (χ1n) is 8.92. The molecular weight excluding hydrogens is 378 g/mol. The van der Waals surface area contributed by atoms with Crippen LogP contribution >= 0.6 is 11.8 Å². The van der Waals surface area contributed by atoms with Gasteiger partial charge in [-0.05, 0) is 30.8 Å². The van der Waals surface area contributed by atoms with Gasteiger partial charge in [-0.3, -0.25) is 15.0 Å². The molecule has 28 heavy (non-hydrogen) atoms. The Kier molecular flexibility index (Phi) is 6.45. The minimum atomic E-state index is -0.625. The molecule has 0 unspecified atom stereocenters. The average Bonchev–Trinajstić information content (AvgIpc) is 2.68. The van der Waals surface area contributed by atoms with Gasteiger partial charge in [-0.1, -0.05) is 12.1 Å². The number of anilines is 2. The number of H-pyrrole nitrogens is 1. The molecule has 6 N–H and O–H groups in total. The molecule has 2 aromatic rings. The second-order valence-corrected chi connectivity index (χ2v) is 7.43. The van der Waals surface area contributed by atoms with Crippen LogP contribution in [0.2, 0.25) is 0 Å². The number of piperazine rings is 1. The highest BCUT2D eigenvalue weighted by Gasteiger charge is 2.15. The number of hydrogen-bond donors (Lipinski definition) is 5. The van der Waals surface area contributed by atoms with Gasteiger partial charge in [0.25, 0.3) is 5.56 Å². The van der Waals surface area contributed by atoms with Crippen molar-refractivity contribution in [3.05, 3.63) is 46.2 Å². The third kappa shape index (κ3) is 5.18. The lowest BCUT2D eigenvalue weighted by Gasteiger charge is -2.28. The number of aromatic amines is 1. The molecule has 9 nitrogen and oxygen atoms in total. The van der Waals surface area contributed by atoms with Crippen molar-refractivity contribution >= 4 is 34.2 Å². The summed E-state index contributed by atoms with van der Waals surface area (Å²) >= 11 is 1.06. The van der Waals surface area contributed by atoms with Gasteiger partial charge in [0.2, 0.25) is 5.91 Å². The van der Waals surface area contributed by atoms with E-state index < -0.39 is 6.04 Å². The van der Waals surface area contributed by atoms with Crippen LogP contribution in [0.25, 0.3) is 0 Å². The number of nitrogens with zero attached hydrogens (tertiary/aromatic N) is 2. The summed E-state index contributed by atoms with van der Waals surface area (Å²) < 4.78 is 0. The Hall–Kier alpha value is -2.69. The number of thioether (sulfide) groups is 1. The summed E-state index contributed by atoms with van der Waals surface area (Å²) in [6, 6.07) is 7.77. The normalized spacial score (nSPS) is 15.1. The standard InChI is InChI=1S/C18H23N7O2S/c1-11(19)17(27)22-13-4-2-3-12(9-13)16(20)28-18-23-14(10-15(26)24-18)25-7-5-21-6-8-25/h2-4,9-11,20-21H,5-8,19H2,1H3,(H,22,27)(H,23,24,26)/t11-/m1/s1. The van der Waals surface area contributed by atoms with E-state index in [1.165, 1.54) is 6.07 Å². The molecule has 1 aromatic heterocycles. The van der Waals surface area contributed by atoms with Crippen molar-refractivity contribution < 1.29 is 4.79 Å². The summed E-state index contributed by atoms with van der Waals surface area (Å²) in [6.45, 7) is 4.84. The van der Waals surface area contributed by atoms with E-state index in [9.17, 15) is 9.59 Å². The largest absolute Gasteiger partial charge is 0.354 e. The average molecular weight is 401 g/mol. The highest BCUT2D eigenvalue weighted by atomic mass is 32.2. The molecule has 148 valence electrons. The lowest BCUT2D eigenvalue weighted by molar-refractivity contribution is -0.117. The van der Waals surface area contributed by atoms with Gasteiger partial charge in [-0.25, -0.2) is 4.98 Å². The molecule has 1 aromatic carbocycles. The van der Waals surface area contributed by atoms with Gasteiger partial charge in [0.1, 0.15) is 10.9 Å². The molecule has 1 fully saturated rings. The van der Waals surface area contributed by atoms with E-state index in [4.69, 9.17) is 11.1 Å². The Labute approximate surface area is 166 Å². The Morgan fingerprint density at radius 3 is 2.82 bits per heavy atom. The SMILES string of the molecule is C[C@@H](N)C(=O)Nc1cccc(C(=N)Sc2nc(N3CCNCC3)cc(=O)[nH]2)c1. The first kappa shape index (κ1) is 20.1. The molecule has 0 spiro atoms. The molecule has 1 saturated heterocycles. The van der Waals surface area contributed by atoms with Crippen molar-refractivity contribution in [2.24, 2.45) is 5.73 Å². The summed E-state index contributed by atoms with van der Waals surface area (Å²) in [6.07, 6.45) is 0. The minimum absolute atomic E-state index is 0.206. The molecule has 1 amide bonds. The summed E-state index contributed by atoms with van der Waals surface area (Å²) in [5.41, 5.74) is 6.47. The predicted molar refractivity (Wildman–Crippen MR) is 111 cm³/mol. The van der Waals surface area contributed by atoms with E-state index in [1.807, 2.05) is 4.90 Å². The van der Waals surface area contributed by atoms with Crippen molar-refractivity contribution in [1.82, 2.24) is 15.3 Å². The molecule has 2 heterocycles. The fourth-order valence-corrected chi connectivity index (χ4v) is 3.41. The molecule has 1 aliphatic heterocycles. The zero-order valence-electron chi connectivity index (χ0n) is 15.5. The molecule has 10 heteroatoms.